The van der Waals surface area contributed by atoms with Gasteiger partial charge in [0.25, 0.3) is 0 Å². The van der Waals surface area contributed by atoms with Gasteiger partial charge >= 0.3 is 17.9 Å². The molecule has 1 N–H and O–H groups in total. The lowest BCUT2D eigenvalue weighted by atomic mass is 9.46. The first kappa shape index (κ1) is 31.4. The molecule has 0 aromatic rings. The van der Waals surface area contributed by atoms with Crippen LogP contribution in [0.15, 0.2) is 23.8 Å². The van der Waals surface area contributed by atoms with Crippen LogP contribution in [0.25, 0.3) is 0 Å². The number of esters is 3. The summed E-state index contributed by atoms with van der Waals surface area (Å²) < 4.78 is 16.7. The highest BCUT2D eigenvalue weighted by atomic mass is 16.6. The second-order valence-corrected chi connectivity index (χ2v) is 12.5. The minimum Gasteiger partial charge on any atom is -0.465 e. The molecule has 6 atom stereocenters. The Morgan fingerprint density at radius 1 is 1.13 bits per heavy atom. The zero-order chi connectivity index (χ0) is 28.6. The number of unbranched alkanes of at least 4 members (excludes halogenated alkanes) is 5. The number of hydrogen-bond donors (Lipinski definition) is 1. The van der Waals surface area contributed by atoms with E-state index in [4.69, 9.17) is 14.2 Å². The molecular formula is C32H51NO6. The summed E-state index contributed by atoms with van der Waals surface area (Å²) in [7, 11) is 0. The van der Waals surface area contributed by atoms with Gasteiger partial charge in [-0.05, 0) is 68.4 Å². The van der Waals surface area contributed by atoms with Crippen LogP contribution >= 0.6 is 0 Å². The Morgan fingerprint density at radius 3 is 2.49 bits per heavy atom. The number of carbonyl (C=O) groups excluding carboxylic acids is 3. The molecule has 0 bridgehead atoms. The van der Waals surface area contributed by atoms with E-state index in [9.17, 15) is 14.4 Å². The lowest BCUT2D eigenvalue weighted by molar-refractivity contribution is -0.191. The van der Waals surface area contributed by atoms with Crippen molar-refractivity contribution >= 4 is 17.9 Å². The van der Waals surface area contributed by atoms with Crippen molar-refractivity contribution in [1.29, 1.82) is 0 Å². The molecule has 1 aliphatic heterocycles. The summed E-state index contributed by atoms with van der Waals surface area (Å²) in [6.45, 7) is 15.5. The fourth-order valence-electron chi connectivity index (χ4n) is 7.65. The zero-order valence-electron chi connectivity index (χ0n) is 24.9. The van der Waals surface area contributed by atoms with Crippen molar-refractivity contribution in [2.24, 2.45) is 22.7 Å². The van der Waals surface area contributed by atoms with Gasteiger partial charge in [0.1, 0.15) is 19.3 Å². The maximum Gasteiger partial charge on any atom is 0.335 e. The standard InChI is InChI=1S/C32H51NO6/c1-7-8-9-10-11-12-18-33-27(25-16-19-37-30(25)36)20-26-22(2)13-14-28-31(26,5)17-15-29(39-24(4)35)32(28,6)21-38-23(3)34/h16,26-29,33H,2,7-15,17-21H2,1,3-6H3/t26-,27?,28+,29-,31+,32+/m1/s1. The van der Waals surface area contributed by atoms with Gasteiger partial charge in [-0.25, -0.2) is 4.79 Å². The zero-order valence-corrected chi connectivity index (χ0v) is 24.9. The molecule has 7 heteroatoms. The smallest absolute Gasteiger partial charge is 0.335 e. The highest BCUT2D eigenvalue weighted by Crippen LogP contribution is 2.62. The van der Waals surface area contributed by atoms with Gasteiger partial charge in [-0.3, -0.25) is 9.59 Å². The van der Waals surface area contributed by atoms with E-state index >= 15 is 0 Å². The first-order chi connectivity index (χ1) is 18.5. The van der Waals surface area contributed by atoms with Gasteiger partial charge in [0.15, 0.2) is 0 Å². The number of ether oxygens (including phenoxy) is 3. The van der Waals surface area contributed by atoms with Crippen molar-refractivity contribution in [2.75, 3.05) is 19.8 Å². The summed E-state index contributed by atoms with van der Waals surface area (Å²) in [6, 6.07) is -0.0983. The van der Waals surface area contributed by atoms with E-state index in [0.717, 1.165) is 44.2 Å². The molecule has 0 radical (unpaired) electrons. The second-order valence-electron chi connectivity index (χ2n) is 12.5. The van der Waals surface area contributed by atoms with Gasteiger partial charge in [0, 0.05) is 25.3 Å². The highest BCUT2D eigenvalue weighted by molar-refractivity contribution is 5.91. The van der Waals surface area contributed by atoms with E-state index < -0.39 is 5.41 Å². The third-order valence-electron chi connectivity index (χ3n) is 9.73. The van der Waals surface area contributed by atoms with E-state index in [1.165, 1.54) is 51.5 Å². The summed E-state index contributed by atoms with van der Waals surface area (Å²) in [5.74, 6) is -0.520. The van der Waals surface area contributed by atoms with Crippen molar-refractivity contribution in [3.63, 3.8) is 0 Å². The SMILES string of the molecule is C=C1CC[C@@H]2[C@](C)(COC(C)=O)[C@H](OC(C)=O)CC[C@@]2(C)[C@@H]1CC(NCCCCCCCC)C1=CCOC1=O. The number of cyclic esters (lactones) is 1. The summed E-state index contributed by atoms with van der Waals surface area (Å²) in [6.07, 6.45) is 13.0. The number of hydrogen-bond acceptors (Lipinski definition) is 7. The predicted octanol–water partition coefficient (Wildman–Crippen LogP) is 6.06. The third kappa shape index (κ3) is 7.53. The van der Waals surface area contributed by atoms with E-state index in [2.05, 4.69) is 32.7 Å². The van der Waals surface area contributed by atoms with Crippen LogP contribution in [0.1, 0.15) is 105 Å². The number of carbonyl (C=O) groups is 3. The van der Waals surface area contributed by atoms with Crippen LogP contribution in [0.5, 0.6) is 0 Å². The first-order valence-corrected chi connectivity index (χ1v) is 15.1. The lowest BCUT2D eigenvalue weighted by Gasteiger charge is -2.60. The second kappa shape index (κ2) is 14.0. The van der Waals surface area contributed by atoms with Crippen LogP contribution in [0.4, 0.5) is 0 Å². The molecule has 2 fully saturated rings. The molecule has 2 saturated carbocycles. The first-order valence-electron chi connectivity index (χ1n) is 15.1. The van der Waals surface area contributed by atoms with E-state index in [-0.39, 0.29) is 53.9 Å². The van der Waals surface area contributed by atoms with Crippen LogP contribution in [0, 0.1) is 22.7 Å². The van der Waals surface area contributed by atoms with Crippen molar-refractivity contribution in [2.45, 2.75) is 117 Å². The Labute approximate surface area is 235 Å². The Kier molecular flexibility index (Phi) is 11.2. The predicted molar refractivity (Wildman–Crippen MR) is 152 cm³/mol. The Hall–Kier alpha value is -2.15. The molecule has 7 nitrogen and oxygen atoms in total. The molecule has 0 aromatic carbocycles. The molecule has 3 aliphatic rings. The quantitative estimate of drug-likeness (QED) is 0.123. The largest absolute Gasteiger partial charge is 0.465 e. The van der Waals surface area contributed by atoms with Gasteiger partial charge in [-0.1, -0.05) is 65.0 Å². The molecule has 220 valence electrons. The van der Waals surface area contributed by atoms with Gasteiger partial charge in [-0.15, -0.1) is 0 Å². The third-order valence-corrected chi connectivity index (χ3v) is 9.73. The Morgan fingerprint density at radius 2 is 1.85 bits per heavy atom. The fourth-order valence-corrected chi connectivity index (χ4v) is 7.65. The highest BCUT2D eigenvalue weighted by Gasteiger charge is 2.60. The van der Waals surface area contributed by atoms with Crippen molar-refractivity contribution in [3.05, 3.63) is 23.8 Å². The topological polar surface area (TPSA) is 90.9 Å². The molecule has 0 aromatic heterocycles. The van der Waals surface area contributed by atoms with Crippen LogP contribution in [0.3, 0.4) is 0 Å². The Balaban J connectivity index is 1.82. The molecule has 1 unspecified atom stereocenters. The number of fused-ring (bicyclic) bond motifs is 1. The molecule has 39 heavy (non-hydrogen) atoms. The molecule has 0 saturated heterocycles. The minimum atomic E-state index is -0.504. The Bertz CT molecular complexity index is 928. The minimum absolute atomic E-state index is 0.0983. The molecule has 0 spiro atoms. The lowest BCUT2D eigenvalue weighted by Crippen LogP contribution is -2.59. The summed E-state index contributed by atoms with van der Waals surface area (Å²) in [5.41, 5.74) is 1.31. The van der Waals surface area contributed by atoms with Crippen LogP contribution < -0.4 is 5.32 Å². The van der Waals surface area contributed by atoms with E-state index in [0.29, 0.717) is 13.0 Å². The van der Waals surface area contributed by atoms with E-state index in [1.54, 1.807) is 0 Å². The van der Waals surface area contributed by atoms with Crippen molar-refractivity contribution in [1.82, 2.24) is 5.32 Å². The average molecular weight is 546 g/mol. The summed E-state index contributed by atoms with van der Waals surface area (Å²) in [4.78, 5) is 36.5. The molecular weight excluding hydrogens is 494 g/mol. The van der Waals surface area contributed by atoms with Gasteiger partial charge in [-0.2, -0.15) is 0 Å². The number of nitrogens with one attached hydrogen (secondary N) is 1. The van der Waals surface area contributed by atoms with Gasteiger partial charge < -0.3 is 19.5 Å². The molecule has 1 heterocycles. The molecule has 0 amide bonds. The number of rotatable bonds is 14. The van der Waals surface area contributed by atoms with E-state index in [1.807, 2.05) is 6.08 Å². The molecule has 2 aliphatic carbocycles. The van der Waals surface area contributed by atoms with Crippen LogP contribution in [-0.2, 0) is 28.6 Å². The van der Waals surface area contributed by atoms with Crippen LogP contribution in [0.2, 0.25) is 0 Å². The van der Waals surface area contributed by atoms with Gasteiger partial charge in [0.2, 0.25) is 0 Å². The van der Waals surface area contributed by atoms with Crippen molar-refractivity contribution in [3.8, 4) is 0 Å². The average Bonchev–Trinajstić information content (AvgIpc) is 3.30. The van der Waals surface area contributed by atoms with Crippen LogP contribution in [-0.4, -0.2) is 49.8 Å². The number of allylic oxidation sites excluding steroid dienone is 1. The molecule has 3 rings (SSSR count). The fraction of sp³-hybridized carbons (Fsp3) is 0.781. The summed E-state index contributed by atoms with van der Waals surface area (Å²) in [5, 5.41) is 3.71. The maximum atomic E-state index is 12.7. The maximum absolute atomic E-state index is 12.7. The normalized spacial score (nSPS) is 31.2. The van der Waals surface area contributed by atoms with Crippen molar-refractivity contribution < 1.29 is 28.6 Å². The summed E-state index contributed by atoms with van der Waals surface area (Å²) >= 11 is 0. The van der Waals surface area contributed by atoms with Gasteiger partial charge in [0.05, 0.1) is 5.57 Å². The monoisotopic (exact) mass is 545 g/mol.